The predicted octanol–water partition coefficient (Wildman–Crippen LogP) is 3.17. The third-order valence-electron chi connectivity index (χ3n) is 4.23. The van der Waals surface area contributed by atoms with E-state index in [9.17, 15) is 4.79 Å². The number of thiophene rings is 1. The molecule has 0 aliphatic carbocycles. The van der Waals surface area contributed by atoms with Gasteiger partial charge in [-0.15, -0.1) is 0 Å². The molecule has 2 aromatic heterocycles. The van der Waals surface area contributed by atoms with Gasteiger partial charge in [0.15, 0.2) is 5.76 Å². The molecule has 0 aromatic carbocycles. The van der Waals surface area contributed by atoms with Gasteiger partial charge in [-0.25, -0.2) is 0 Å². The number of carbonyl (C=O) groups is 1. The van der Waals surface area contributed by atoms with Crippen molar-refractivity contribution in [2.75, 3.05) is 26.2 Å². The highest BCUT2D eigenvalue weighted by Crippen LogP contribution is 2.24. The van der Waals surface area contributed by atoms with Crippen molar-refractivity contribution in [3.63, 3.8) is 0 Å². The Kier molecular flexibility index (Phi) is 4.12. The zero-order valence-electron chi connectivity index (χ0n) is 12.4. The van der Waals surface area contributed by atoms with Gasteiger partial charge in [0, 0.05) is 37.8 Å². The van der Waals surface area contributed by atoms with E-state index in [-0.39, 0.29) is 5.91 Å². The lowest BCUT2D eigenvalue weighted by Gasteiger charge is -2.37. The van der Waals surface area contributed by atoms with Gasteiger partial charge in [0.1, 0.15) is 0 Å². The molecule has 1 aliphatic heterocycles. The standard InChI is InChI=1S/C16H20N2O2S/c1-12-3-9-20-15(12)16(19)18-7-5-17(6-8-18)13(2)14-4-10-21-11-14/h3-4,9-11,13H,5-8H2,1-2H3/t13-/m1/s1. The average molecular weight is 304 g/mol. The molecule has 1 atom stereocenters. The van der Waals surface area contributed by atoms with E-state index in [2.05, 4.69) is 28.7 Å². The first-order chi connectivity index (χ1) is 10.2. The highest BCUT2D eigenvalue weighted by atomic mass is 32.1. The number of piperazine rings is 1. The zero-order chi connectivity index (χ0) is 14.8. The summed E-state index contributed by atoms with van der Waals surface area (Å²) in [5.74, 6) is 0.495. The Bertz CT molecular complexity index is 598. The van der Waals surface area contributed by atoms with E-state index in [1.165, 1.54) is 5.56 Å². The van der Waals surface area contributed by atoms with Gasteiger partial charge in [-0.2, -0.15) is 11.3 Å². The summed E-state index contributed by atoms with van der Waals surface area (Å²) in [5, 5.41) is 4.32. The van der Waals surface area contributed by atoms with Gasteiger partial charge in [-0.3, -0.25) is 9.69 Å². The molecule has 4 nitrogen and oxygen atoms in total. The normalized spacial score (nSPS) is 17.9. The summed E-state index contributed by atoms with van der Waals surface area (Å²) in [6.07, 6.45) is 1.58. The third-order valence-corrected chi connectivity index (χ3v) is 4.93. The maximum Gasteiger partial charge on any atom is 0.289 e. The highest BCUT2D eigenvalue weighted by molar-refractivity contribution is 7.07. The number of nitrogens with zero attached hydrogens (tertiary/aromatic N) is 2. The van der Waals surface area contributed by atoms with Crippen LogP contribution in [-0.4, -0.2) is 41.9 Å². The van der Waals surface area contributed by atoms with Crippen LogP contribution in [0.3, 0.4) is 0 Å². The van der Waals surface area contributed by atoms with E-state index in [0.717, 1.165) is 31.7 Å². The Morgan fingerprint density at radius 3 is 2.62 bits per heavy atom. The number of carbonyl (C=O) groups excluding carboxylic acids is 1. The Morgan fingerprint density at radius 1 is 1.29 bits per heavy atom. The number of furan rings is 1. The number of hydrogen-bond donors (Lipinski definition) is 0. The second-order valence-electron chi connectivity index (χ2n) is 5.49. The molecule has 21 heavy (non-hydrogen) atoms. The minimum Gasteiger partial charge on any atom is -0.459 e. The van der Waals surface area contributed by atoms with E-state index in [0.29, 0.717) is 11.8 Å². The number of amides is 1. The highest BCUT2D eigenvalue weighted by Gasteiger charge is 2.27. The minimum absolute atomic E-state index is 0.0142. The predicted molar refractivity (Wildman–Crippen MR) is 83.7 cm³/mol. The molecule has 3 heterocycles. The first kappa shape index (κ1) is 14.4. The van der Waals surface area contributed by atoms with Crippen LogP contribution < -0.4 is 0 Å². The topological polar surface area (TPSA) is 36.7 Å². The second-order valence-corrected chi connectivity index (χ2v) is 6.27. The van der Waals surface area contributed by atoms with Crippen molar-refractivity contribution in [3.8, 4) is 0 Å². The van der Waals surface area contributed by atoms with Gasteiger partial charge < -0.3 is 9.32 Å². The molecule has 5 heteroatoms. The minimum atomic E-state index is 0.0142. The van der Waals surface area contributed by atoms with Crippen molar-refractivity contribution >= 4 is 17.2 Å². The SMILES string of the molecule is Cc1ccoc1C(=O)N1CCN([C@H](C)c2ccsc2)CC1. The Balaban J connectivity index is 1.60. The van der Waals surface area contributed by atoms with Crippen molar-refractivity contribution in [1.29, 1.82) is 0 Å². The molecule has 0 bridgehead atoms. The Morgan fingerprint density at radius 2 is 2.05 bits per heavy atom. The molecule has 0 radical (unpaired) electrons. The summed E-state index contributed by atoms with van der Waals surface area (Å²) in [4.78, 5) is 16.7. The number of aryl methyl sites for hydroxylation is 1. The summed E-state index contributed by atoms with van der Waals surface area (Å²) in [5.41, 5.74) is 2.27. The molecule has 0 spiro atoms. The molecule has 1 aliphatic rings. The fourth-order valence-corrected chi connectivity index (χ4v) is 3.52. The number of hydrogen-bond acceptors (Lipinski definition) is 4. The van der Waals surface area contributed by atoms with Crippen LogP contribution in [0.2, 0.25) is 0 Å². The van der Waals surface area contributed by atoms with Gasteiger partial charge in [0.2, 0.25) is 0 Å². The summed E-state index contributed by atoms with van der Waals surface area (Å²) in [7, 11) is 0. The van der Waals surface area contributed by atoms with Gasteiger partial charge >= 0.3 is 0 Å². The molecule has 1 fully saturated rings. The van der Waals surface area contributed by atoms with Crippen molar-refractivity contribution in [1.82, 2.24) is 9.80 Å². The molecule has 0 N–H and O–H groups in total. The summed E-state index contributed by atoms with van der Waals surface area (Å²) < 4.78 is 5.31. The molecule has 0 saturated carbocycles. The summed E-state index contributed by atoms with van der Waals surface area (Å²) in [6, 6.07) is 4.43. The van der Waals surface area contributed by atoms with Crippen molar-refractivity contribution in [3.05, 3.63) is 46.0 Å². The zero-order valence-corrected chi connectivity index (χ0v) is 13.2. The van der Waals surface area contributed by atoms with Crippen LogP contribution in [0.4, 0.5) is 0 Å². The molecule has 2 aromatic rings. The smallest absolute Gasteiger partial charge is 0.289 e. The fourth-order valence-electron chi connectivity index (χ4n) is 2.77. The summed E-state index contributed by atoms with van der Waals surface area (Å²) in [6.45, 7) is 7.47. The van der Waals surface area contributed by atoms with Crippen molar-refractivity contribution in [2.24, 2.45) is 0 Å². The fraction of sp³-hybridized carbons (Fsp3) is 0.438. The van der Waals surface area contributed by atoms with Gasteiger partial charge in [-0.05, 0) is 42.3 Å². The van der Waals surface area contributed by atoms with Crippen LogP contribution in [0.1, 0.15) is 34.6 Å². The molecule has 1 amide bonds. The summed E-state index contributed by atoms with van der Waals surface area (Å²) >= 11 is 1.73. The van der Waals surface area contributed by atoms with Crippen LogP contribution in [0.15, 0.2) is 33.6 Å². The maximum atomic E-state index is 12.4. The third kappa shape index (κ3) is 2.89. The van der Waals surface area contributed by atoms with Crippen molar-refractivity contribution < 1.29 is 9.21 Å². The van der Waals surface area contributed by atoms with E-state index in [1.807, 2.05) is 17.9 Å². The van der Waals surface area contributed by atoms with Crippen LogP contribution in [0, 0.1) is 6.92 Å². The van der Waals surface area contributed by atoms with E-state index >= 15 is 0 Å². The lowest BCUT2D eigenvalue weighted by Crippen LogP contribution is -2.49. The van der Waals surface area contributed by atoms with Gasteiger partial charge in [-0.1, -0.05) is 0 Å². The first-order valence-electron chi connectivity index (χ1n) is 7.26. The molecule has 0 unspecified atom stereocenters. The van der Waals surface area contributed by atoms with Gasteiger partial charge in [0.05, 0.1) is 6.26 Å². The Hall–Kier alpha value is -1.59. The van der Waals surface area contributed by atoms with Gasteiger partial charge in [0.25, 0.3) is 5.91 Å². The van der Waals surface area contributed by atoms with Crippen LogP contribution >= 0.6 is 11.3 Å². The van der Waals surface area contributed by atoms with Crippen molar-refractivity contribution in [2.45, 2.75) is 19.9 Å². The first-order valence-corrected chi connectivity index (χ1v) is 8.20. The van der Waals surface area contributed by atoms with Crippen LogP contribution in [0.5, 0.6) is 0 Å². The molecular weight excluding hydrogens is 284 g/mol. The lowest BCUT2D eigenvalue weighted by atomic mass is 10.1. The van der Waals surface area contributed by atoms with Crippen LogP contribution in [0.25, 0.3) is 0 Å². The van der Waals surface area contributed by atoms with E-state index in [4.69, 9.17) is 4.42 Å². The molecule has 112 valence electrons. The quantitative estimate of drug-likeness (QED) is 0.874. The average Bonchev–Trinajstić information content (AvgIpc) is 3.17. The van der Waals surface area contributed by atoms with E-state index < -0.39 is 0 Å². The Labute approximate surface area is 129 Å². The number of rotatable bonds is 3. The second kappa shape index (κ2) is 6.03. The largest absolute Gasteiger partial charge is 0.459 e. The molecule has 3 rings (SSSR count). The molecular formula is C16H20N2O2S. The van der Waals surface area contributed by atoms with E-state index in [1.54, 1.807) is 17.6 Å². The lowest BCUT2D eigenvalue weighted by molar-refractivity contribution is 0.0552. The maximum absolute atomic E-state index is 12.4. The monoisotopic (exact) mass is 304 g/mol. The molecule has 1 saturated heterocycles. The van der Waals surface area contributed by atoms with Crippen LogP contribution in [-0.2, 0) is 0 Å².